The fourth-order valence-electron chi connectivity index (χ4n) is 3.73. The lowest BCUT2D eigenvalue weighted by Gasteiger charge is -2.25. The lowest BCUT2D eigenvalue weighted by Crippen LogP contribution is -2.35. The molecule has 2 aromatic carbocycles. The van der Waals surface area contributed by atoms with E-state index in [-0.39, 0.29) is 16.7 Å². The van der Waals surface area contributed by atoms with Gasteiger partial charge in [0.25, 0.3) is 5.91 Å². The van der Waals surface area contributed by atoms with E-state index >= 15 is 0 Å². The number of aryl methyl sites for hydroxylation is 1. The van der Waals surface area contributed by atoms with Crippen molar-refractivity contribution < 1.29 is 17.9 Å². The summed E-state index contributed by atoms with van der Waals surface area (Å²) in [5.41, 5.74) is 2.91. The molecule has 1 aliphatic rings. The molecule has 0 saturated carbocycles. The first-order valence-electron chi connectivity index (χ1n) is 10.3. The Hall–Kier alpha value is -2.38. The number of methoxy groups -OCH3 is 1. The first kappa shape index (κ1) is 22.3. The maximum Gasteiger partial charge on any atom is 0.255 e. The minimum Gasteiger partial charge on any atom is -0.496 e. The molecule has 0 radical (unpaired) electrons. The summed E-state index contributed by atoms with van der Waals surface area (Å²) in [6.45, 7) is 7.11. The number of amides is 1. The van der Waals surface area contributed by atoms with Gasteiger partial charge in [-0.25, -0.2) is 8.42 Å². The third-order valence-corrected chi connectivity index (χ3v) is 7.42. The van der Waals surface area contributed by atoms with Gasteiger partial charge >= 0.3 is 0 Å². The van der Waals surface area contributed by atoms with Gasteiger partial charge in [0, 0.05) is 24.3 Å². The summed E-state index contributed by atoms with van der Waals surface area (Å²) in [6.07, 6.45) is 2.86. The number of ether oxygens (including phenoxy) is 1. The molecule has 7 heteroatoms. The highest BCUT2D eigenvalue weighted by Crippen LogP contribution is 2.30. The second kappa shape index (κ2) is 9.18. The zero-order valence-corrected chi connectivity index (χ0v) is 18.9. The van der Waals surface area contributed by atoms with Gasteiger partial charge in [0.15, 0.2) is 0 Å². The van der Waals surface area contributed by atoms with E-state index in [4.69, 9.17) is 4.74 Å². The molecule has 0 unspecified atom stereocenters. The summed E-state index contributed by atoms with van der Waals surface area (Å²) < 4.78 is 32.5. The van der Waals surface area contributed by atoms with Crippen molar-refractivity contribution >= 4 is 21.6 Å². The van der Waals surface area contributed by atoms with Crippen molar-refractivity contribution in [2.75, 3.05) is 25.5 Å². The van der Waals surface area contributed by atoms with Crippen LogP contribution in [0.5, 0.6) is 5.75 Å². The molecule has 0 spiro atoms. The maximum absolute atomic E-state index is 12.9. The molecule has 3 rings (SSSR count). The average Bonchev–Trinajstić information content (AvgIpc) is 2.74. The summed E-state index contributed by atoms with van der Waals surface area (Å²) in [7, 11) is -1.86. The van der Waals surface area contributed by atoms with Crippen LogP contribution in [0.1, 0.15) is 60.5 Å². The Morgan fingerprint density at radius 2 is 1.70 bits per heavy atom. The largest absolute Gasteiger partial charge is 0.496 e. The molecule has 0 atom stereocenters. The first-order chi connectivity index (χ1) is 14.2. The number of nitrogens with one attached hydrogen (secondary N) is 1. The topological polar surface area (TPSA) is 75.7 Å². The number of rotatable bonds is 6. The molecule has 0 aromatic heterocycles. The maximum atomic E-state index is 12.9. The minimum absolute atomic E-state index is 0.214. The van der Waals surface area contributed by atoms with Crippen LogP contribution in [0.15, 0.2) is 41.3 Å². The highest BCUT2D eigenvalue weighted by atomic mass is 32.2. The van der Waals surface area contributed by atoms with Crippen molar-refractivity contribution in [2.24, 2.45) is 0 Å². The van der Waals surface area contributed by atoms with Crippen LogP contribution < -0.4 is 10.1 Å². The fourth-order valence-corrected chi connectivity index (χ4v) is 5.25. The van der Waals surface area contributed by atoms with Gasteiger partial charge in [0.2, 0.25) is 10.0 Å². The first-order valence-corrected chi connectivity index (χ1v) is 11.8. The van der Waals surface area contributed by atoms with Gasteiger partial charge in [-0.1, -0.05) is 20.3 Å². The van der Waals surface area contributed by atoms with Gasteiger partial charge in [-0.15, -0.1) is 0 Å². The summed E-state index contributed by atoms with van der Waals surface area (Å²) in [4.78, 5) is 13.1. The average molecular weight is 431 g/mol. The Bertz CT molecular complexity index is 1010. The molecule has 1 heterocycles. The highest BCUT2D eigenvalue weighted by molar-refractivity contribution is 7.89. The van der Waals surface area contributed by atoms with Gasteiger partial charge in [-0.05, 0) is 73.2 Å². The quantitative estimate of drug-likeness (QED) is 0.729. The van der Waals surface area contributed by atoms with Crippen molar-refractivity contribution in [2.45, 2.75) is 50.8 Å². The van der Waals surface area contributed by atoms with Gasteiger partial charge in [0.1, 0.15) is 5.75 Å². The summed E-state index contributed by atoms with van der Waals surface area (Å²) in [5.74, 6) is 0.751. The molecular formula is C23H30N2O4S. The zero-order valence-electron chi connectivity index (χ0n) is 18.1. The van der Waals surface area contributed by atoms with Crippen LogP contribution in [0.25, 0.3) is 0 Å². The van der Waals surface area contributed by atoms with Gasteiger partial charge in [-0.3, -0.25) is 4.79 Å². The SMILES string of the molecule is COc1cc(C)c(C(=O)Nc2ccc(S(=O)(=O)N3CCCCC3)cc2)cc1C(C)C. The van der Waals surface area contributed by atoms with Crippen molar-refractivity contribution in [3.63, 3.8) is 0 Å². The number of benzene rings is 2. The number of piperidine rings is 1. The van der Waals surface area contributed by atoms with E-state index in [1.54, 1.807) is 31.4 Å². The van der Waals surface area contributed by atoms with Crippen LogP contribution in [0.2, 0.25) is 0 Å². The van der Waals surface area contributed by atoms with E-state index in [2.05, 4.69) is 19.2 Å². The van der Waals surface area contributed by atoms with Crippen molar-refractivity contribution in [1.29, 1.82) is 0 Å². The molecule has 1 aliphatic heterocycles. The molecule has 0 bridgehead atoms. The number of anilines is 1. The lowest BCUT2D eigenvalue weighted by molar-refractivity contribution is 0.102. The van der Waals surface area contributed by atoms with E-state index in [0.29, 0.717) is 24.3 Å². The van der Waals surface area contributed by atoms with Crippen LogP contribution in [-0.4, -0.2) is 38.8 Å². The molecule has 1 N–H and O–H groups in total. The Balaban J connectivity index is 1.79. The zero-order chi connectivity index (χ0) is 21.9. The number of hydrogen-bond donors (Lipinski definition) is 1. The van der Waals surface area contributed by atoms with E-state index in [9.17, 15) is 13.2 Å². The molecule has 1 fully saturated rings. The number of nitrogens with zero attached hydrogens (tertiary/aromatic N) is 1. The number of sulfonamides is 1. The van der Waals surface area contributed by atoms with Gasteiger partial charge in [-0.2, -0.15) is 4.31 Å². The highest BCUT2D eigenvalue weighted by Gasteiger charge is 2.25. The molecule has 1 amide bonds. The molecule has 0 aliphatic carbocycles. The molecule has 30 heavy (non-hydrogen) atoms. The van der Waals surface area contributed by atoms with E-state index in [1.165, 1.54) is 4.31 Å². The second-order valence-corrected chi connectivity index (χ2v) is 9.94. The normalized spacial score (nSPS) is 15.2. The molecule has 6 nitrogen and oxygen atoms in total. The molecule has 2 aromatic rings. The van der Waals surface area contributed by atoms with Gasteiger partial charge in [0.05, 0.1) is 12.0 Å². The fraction of sp³-hybridized carbons (Fsp3) is 0.435. The second-order valence-electron chi connectivity index (χ2n) is 8.01. The predicted molar refractivity (Wildman–Crippen MR) is 119 cm³/mol. The Morgan fingerprint density at radius 3 is 2.27 bits per heavy atom. The van der Waals surface area contributed by atoms with E-state index in [0.717, 1.165) is 36.1 Å². The Kier molecular flexibility index (Phi) is 6.83. The van der Waals surface area contributed by atoms with E-state index in [1.807, 2.05) is 19.1 Å². The third-order valence-electron chi connectivity index (χ3n) is 5.51. The molecule has 1 saturated heterocycles. The Labute approximate surface area is 179 Å². The van der Waals surface area contributed by atoms with Crippen molar-refractivity contribution in [3.8, 4) is 5.75 Å². The van der Waals surface area contributed by atoms with Gasteiger partial charge < -0.3 is 10.1 Å². The van der Waals surface area contributed by atoms with Crippen LogP contribution in [0.3, 0.4) is 0 Å². The smallest absolute Gasteiger partial charge is 0.255 e. The summed E-state index contributed by atoms with van der Waals surface area (Å²) in [5, 5.41) is 2.87. The van der Waals surface area contributed by atoms with Crippen molar-refractivity contribution in [3.05, 3.63) is 53.1 Å². The summed E-state index contributed by atoms with van der Waals surface area (Å²) >= 11 is 0. The predicted octanol–water partition coefficient (Wildman–Crippen LogP) is 4.55. The molecular weight excluding hydrogens is 400 g/mol. The van der Waals surface area contributed by atoms with Crippen molar-refractivity contribution in [1.82, 2.24) is 4.31 Å². The van der Waals surface area contributed by atoms with E-state index < -0.39 is 10.0 Å². The number of hydrogen-bond acceptors (Lipinski definition) is 4. The Morgan fingerprint density at radius 1 is 1.07 bits per heavy atom. The number of carbonyl (C=O) groups excluding carboxylic acids is 1. The number of carbonyl (C=O) groups is 1. The van der Waals surface area contributed by atoms with Crippen LogP contribution in [-0.2, 0) is 10.0 Å². The monoisotopic (exact) mass is 430 g/mol. The summed E-state index contributed by atoms with van der Waals surface area (Å²) in [6, 6.07) is 10.1. The molecule has 162 valence electrons. The minimum atomic E-state index is -3.48. The third kappa shape index (κ3) is 4.68. The lowest BCUT2D eigenvalue weighted by atomic mass is 9.96. The standard InChI is InChI=1S/C23H30N2O4S/c1-16(2)20-15-21(17(3)14-22(20)29-4)23(26)24-18-8-10-19(11-9-18)30(27,28)25-12-6-5-7-13-25/h8-11,14-16H,5-7,12-13H2,1-4H3,(H,24,26). The van der Waals surface area contributed by atoms with Crippen LogP contribution in [0.4, 0.5) is 5.69 Å². The van der Waals surface area contributed by atoms with Crippen LogP contribution >= 0.6 is 0 Å². The van der Waals surface area contributed by atoms with Crippen LogP contribution in [0, 0.1) is 6.92 Å².